The van der Waals surface area contributed by atoms with Crippen molar-refractivity contribution in [1.82, 2.24) is 19.8 Å². The second-order valence-electron chi connectivity index (χ2n) is 7.81. The Hall–Kier alpha value is -2.94. The van der Waals surface area contributed by atoms with Crippen LogP contribution in [0.4, 0.5) is 4.39 Å². The van der Waals surface area contributed by atoms with Crippen LogP contribution in [0.3, 0.4) is 0 Å². The summed E-state index contributed by atoms with van der Waals surface area (Å²) in [5.74, 6) is -1.34. The Balaban J connectivity index is 0.000000287. The number of rotatable bonds is 8. The first-order valence-electron chi connectivity index (χ1n) is 10.8. The lowest BCUT2D eigenvalue weighted by Gasteiger charge is -2.25. The molecule has 0 saturated carbocycles. The number of benzene rings is 1. The zero-order chi connectivity index (χ0) is 26.3. The van der Waals surface area contributed by atoms with Crippen LogP contribution >= 0.6 is 0 Å². The van der Waals surface area contributed by atoms with Gasteiger partial charge in [0.1, 0.15) is 30.5 Å². The van der Waals surface area contributed by atoms with Crippen molar-refractivity contribution in [3.63, 3.8) is 0 Å². The molecule has 12 nitrogen and oxygen atoms in total. The first-order valence-corrected chi connectivity index (χ1v) is 10.8. The van der Waals surface area contributed by atoms with Crippen molar-refractivity contribution in [2.24, 2.45) is 0 Å². The summed E-state index contributed by atoms with van der Waals surface area (Å²) in [6, 6.07) is 3.96. The first-order chi connectivity index (χ1) is 16.6. The van der Waals surface area contributed by atoms with Crippen LogP contribution in [0.25, 0.3) is 5.69 Å². The number of imidazole rings is 1. The van der Waals surface area contributed by atoms with Gasteiger partial charge in [-0.25, -0.2) is 14.2 Å². The summed E-state index contributed by atoms with van der Waals surface area (Å²) in [5, 5.41) is 47.5. The van der Waals surface area contributed by atoms with Crippen LogP contribution in [-0.2, 0) is 11.3 Å². The van der Waals surface area contributed by atoms with Gasteiger partial charge >= 0.3 is 5.97 Å². The largest absolute Gasteiger partial charge is 0.461 e. The van der Waals surface area contributed by atoms with Crippen LogP contribution in [0.2, 0.25) is 0 Å². The second-order valence-corrected chi connectivity index (χ2v) is 7.81. The minimum Gasteiger partial charge on any atom is -0.461 e. The highest BCUT2D eigenvalue weighted by Gasteiger charge is 2.30. The summed E-state index contributed by atoms with van der Waals surface area (Å²) < 4.78 is 20.1. The topological polar surface area (TPSA) is 178 Å². The number of fused-ring (bicyclic) bond motifs is 3. The third kappa shape index (κ3) is 6.60. The maximum Gasteiger partial charge on any atom is 0.358 e. The lowest BCUT2D eigenvalue weighted by molar-refractivity contribution is -0.113. The van der Waals surface area contributed by atoms with Crippen molar-refractivity contribution < 1.29 is 44.2 Å². The number of carbonyl (C=O) groups is 2. The van der Waals surface area contributed by atoms with Gasteiger partial charge in [0.2, 0.25) is 0 Å². The molecule has 35 heavy (non-hydrogen) atoms. The van der Waals surface area contributed by atoms with Crippen molar-refractivity contribution >= 4 is 11.9 Å². The molecule has 0 radical (unpaired) electrons. The van der Waals surface area contributed by atoms with Crippen LogP contribution in [0.1, 0.15) is 33.5 Å². The fraction of sp³-hybridized carbons (Fsp3) is 0.500. The van der Waals surface area contributed by atoms with E-state index in [1.165, 1.54) is 29.4 Å². The molecule has 6 N–H and O–H groups in total. The summed E-state index contributed by atoms with van der Waals surface area (Å²) in [5.41, 5.74) is 1.43. The predicted octanol–water partition coefficient (Wildman–Crippen LogP) is -1.58. The van der Waals surface area contributed by atoms with E-state index in [4.69, 9.17) is 25.2 Å². The molecule has 1 amide bonds. The molecule has 1 aromatic heterocycles. The molecule has 1 aliphatic rings. The number of likely N-dealkylation sites (N-methyl/N-ethyl adjacent to an activating group) is 1. The van der Waals surface area contributed by atoms with Gasteiger partial charge in [-0.05, 0) is 32.2 Å². The number of hydrogen-bond acceptors (Lipinski definition) is 10. The van der Waals surface area contributed by atoms with Crippen LogP contribution in [0.5, 0.6) is 0 Å². The zero-order valence-corrected chi connectivity index (χ0v) is 19.6. The van der Waals surface area contributed by atoms with E-state index >= 15 is 0 Å². The normalized spacial score (nSPS) is 16.1. The van der Waals surface area contributed by atoms with Crippen molar-refractivity contribution in [3.8, 4) is 5.69 Å². The molecule has 0 aliphatic carbocycles. The Kier molecular flexibility index (Phi) is 10.2. The van der Waals surface area contributed by atoms with Gasteiger partial charge in [-0.3, -0.25) is 9.36 Å². The highest BCUT2D eigenvalue weighted by Crippen LogP contribution is 2.26. The maximum atomic E-state index is 13.5. The number of aliphatic hydroxyl groups excluding tert-OH is 5. The molecule has 0 bridgehead atoms. The van der Waals surface area contributed by atoms with E-state index in [2.05, 4.69) is 10.3 Å². The van der Waals surface area contributed by atoms with Crippen molar-refractivity contribution in [1.29, 1.82) is 0 Å². The lowest BCUT2D eigenvalue weighted by atomic mass is 10.0. The zero-order valence-electron chi connectivity index (χ0n) is 19.6. The molecule has 2 heterocycles. The van der Waals surface area contributed by atoms with Crippen LogP contribution in [0.15, 0.2) is 24.5 Å². The average Bonchev–Trinajstić information content (AvgIpc) is 3.22. The van der Waals surface area contributed by atoms with E-state index in [0.717, 1.165) is 0 Å². The summed E-state index contributed by atoms with van der Waals surface area (Å²) in [6.07, 6.45) is -4.20. The number of carbonyl (C=O) groups excluding carboxylic acids is 2. The van der Waals surface area contributed by atoms with Gasteiger partial charge in [0.05, 0.1) is 42.8 Å². The summed E-state index contributed by atoms with van der Waals surface area (Å²) in [6.45, 7) is 1.56. The molecule has 13 heteroatoms. The smallest absolute Gasteiger partial charge is 0.358 e. The van der Waals surface area contributed by atoms with Gasteiger partial charge in [-0.15, -0.1) is 0 Å². The number of hydrogen-bond donors (Lipinski definition) is 6. The lowest BCUT2D eigenvalue weighted by Crippen LogP contribution is -2.48. The second kappa shape index (κ2) is 12.7. The third-order valence-electron chi connectivity index (χ3n) is 5.26. The fourth-order valence-electron chi connectivity index (χ4n) is 3.39. The van der Waals surface area contributed by atoms with Gasteiger partial charge < -0.3 is 40.5 Å². The molecule has 0 fully saturated rings. The monoisotopic (exact) mass is 498 g/mol. The van der Waals surface area contributed by atoms with E-state index in [0.29, 0.717) is 11.4 Å². The molecule has 2 aromatic rings. The molecule has 3 rings (SSSR count). The minimum absolute atomic E-state index is 0.0936. The Bertz CT molecular complexity index is 1020. The Morgan fingerprint density at radius 2 is 1.89 bits per heavy atom. The average molecular weight is 499 g/mol. The first kappa shape index (κ1) is 28.3. The quantitative estimate of drug-likeness (QED) is 0.233. The number of aliphatic hydroxyl groups is 5. The molecule has 194 valence electrons. The number of amides is 1. The molecule has 0 unspecified atom stereocenters. The number of aromatic nitrogens is 2. The van der Waals surface area contributed by atoms with Gasteiger partial charge in [-0.2, -0.15) is 0 Å². The van der Waals surface area contributed by atoms with E-state index in [-0.39, 0.29) is 36.9 Å². The molecule has 0 spiro atoms. The van der Waals surface area contributed by atoms with E-state index < -0.39 is 42.8 Å². The predicted molar refractivity (Wildman–Crippen MR) is 120 cm³/mol. The highest BCUT2D eigenvalue weighted by atomic mass is 19.1. The van der Waals surface area contributed by atoms with Crippen LogP contribution in [-0.4, -0.2) is 110 Å². The molecule has 4 atom stereocenters. The number of esters is 1. The fourth-order valence-corrected chi connectivity index (χ4v) is 3.39. The van der Waals surface area contributed by atoms with Gasteiger partial charge in [0.15, 0.2) is 5.69 Å². The SMILES string of the molecule is CCOC(=O)c1ncn2c1CN(C)C(=O)c1cc(F)ccc1-2.CNC[C@H](O)[C@@H](O)[C@H](O)[C@H](O)CO. The van der Waals surface area contributed by atoms with Crippen molar-refractivity contribution in [2.45, 2.75) is 37.9 Å². The summed E-state index contributed by atoms with van der Waals surface area (Å²) in [4.78, 5) is 29.9. The van der Waals surface area contributed by atoms with E-state index in [1.54, 1.807) is 25.6 Å². The van der Waals surface area contributed by atoms with Crippen LogP contribution < -0.4 is 5.32 Å². The summed E-state index contributed by atoms with van der Waals surface area (Å²) >= 11 is 0. The van der Waals surface area contributed by atoms with Crippen LogP contribution in [0, 0.1) is 5.82 Å². The molecule has 1 aromatic carbocycles. The molecule has 1 aliphatic heterocycles. The third-order valence-corrected chi connectivity index (χ3v) is 5.26. The minimum atomic E-state index is -1.55. The number of nitrogens with zero attached hydrogens (tertiary/aromatic N) is 3. The van der Waals surface area contributed by atoms with Gasteiger partial charge in [-0.1, -0.05) is 0 Å². The summed E-state index contributed by atoms with van der Waals surface area (Å²) in [7, 11) is 3.17. The highest BCUT2D eigenvalue weighted by molar-refractivity contribution is 5.99. The molecule has 0 saturated heterocycles. The Labute approximate surface area is 201 Å². The maximum absolute atomic E-state index is 13.5. The van der Waals surface area contributed by atoms with Crippen molar-refractivity contribution in [3.05, 3.63) is 47.3 Å². The van der Waals surface area contributed by atoms with Gasteiger partial charge in [0, 0.05) is 13.6 Å². The Morgan fingerprint density at radius 3 is 2.49 bits per heavy atom. The molecular formula is C22H31FN4O8. The number of ether oxygens (including phenoxy) is 1. The van der Waals surface area contributed by atoms with Gasteiger partial charge in [0.25, 0.3) is 5.91 Å². The number of nitrogens with one attached hydrogen (secondary N) is 1. The standard InChI is InChI=1S/C15H14FN3O3.C7H17NO5/c1-3-22-15(21)13-12-7-18(2)14(20)10-6-9(16)4-5-11(10)19(12)8-17-13;1-8-2-4(10)6(12)7(13)5(11)3-9/h4-6,8H,3,7H2,1-2H3;4-13H,2-3H2,1H3/t;4-,5+,6+,7+/m.0/s1. The Morgan fingerprint density at radius 1 is 1.23 bits per heavy atom. The van der Waals surface area contributed by atoms with Crippen molar-refractivity contribution in [2.75, 3.05) is 33.9 Å². The molecular weight excluding hydrogens is 467 g/mol. The van der Waals surface area contributed by atoms with E-state index in [9.17, 15) is 19.1 Å². The number of halogens is 1. The van der Waals surface area contributed by atoms with E-state index in [1.807, 2.05) is 0 Å².